The third-order valence-corrected chi connectivity index (χ3v) is 6.22. The first-order chi connectivity index (χ1) is 14.7. The molecule has 0 unspecified atom stereocenters. The number of rotatable bonds is 7. The highest BCUT2D eigenvalue weighted by Crippen LogP contribution is 2.21. The predicted octanol–water partition coefficient (Wildman–Crippen LogP) is 3.82. The number of amides is 2. The number of aryl methyl sites for hydroxylation is 2. The lowest BCUT2D eigenvalue weighted by Gasteiger charge is -2.25. The van der Waals surface area contributed by atoms with Gasteiger partial charge in [0, 0.05) is 17.1 Å². The monoisotopic (exact) mass is 425 g/mol. The number of aromatic nitrogens is 2. The van der Waals surface area contributed by atoms with Gasteiger partial charge in [-0.1, -0.05) is 13.3 Å². The summed E-state index contributed by atoms with van der Waals surface area (Å²) in [6, 6.07) is 5.59. The van der Waals surface area contributed by atoms with Gasteiger partial charge in [-0.2, -0.15) is 5.10 Å². The Bertz CT molecular complexity index is 944. The Balaban J connectivity index is 1.55. The topological polar surface area (TPSA) is 79.3 Å². The van der Waals surface area contributed by atoms with Crippen LogP contribution in [-0.4, -0.2) is 46.1 Å². The van der Waals surface area contributed by atoms with Crippen molar-refractivity contribution in [2.24, 2.45) is 5.92 Å². The Kier molecular flexibility index (Phi) is 7.49. The predicted molar refractivity (Wildman–Crippen MR) is 124 cm³/mol. The zero-order chi connectivity index (χ0) is 22.5. The van der Waals surface area contributed by atoms with Gasteiger partial charge in [0.15, 0.2) is 0 Å². The number of carbonyl (C=O) groups is 2. The number of nitrogens with zero attached hydrogens (tertiary/aromatic N) is 3. The minimum absolute atomic E-state index is 0.00980. The fourth-order valence-electron chi connectivity index (χ4n) is 3.96. The first-order valence-electron chi connectivity index (χ1n) is 11.2. The second kappa shape index (κ2) is 10.1. The van der Waals surface area contributed by atoms with Gasteiger partial charge < -0.3 is 10.6 Å². The molecule has 1 aliphatic rings. The third kappa shape index (κ3) is 5.94. The average molecular weight is 426 g/mol. The van der Waals surface area contributed by atoms with Gasteiger partial charge in [0.25, 0.3) is 0 Å². The maximum absolute atomic E-state index is 12.7. The standard InChI is InChI=1S/C24H35N5O2/c1-16-13-21(9-10-22(16)26-23(30)15-28-11-7-6-8-12-28)25-24(31)17(2)14-29-20(5)18(3)19(4)27-29/h9-10,13,17H,6-8,11-12,14-15H2,1-5H3,(H,25,31)(H,26,30)/t17-/m1/s1. The summed E-state index contributed by atoms with van der Waals surface area (Å²) in [7, 11) is 0. The molecule has 1 aliphatic heterocycles. The number of nitrogens with one attached hydrogen (secondary N) is 2. The summed E-state index contributed by atoms with van der Waals surface area (Å²) < 4.78 is 1.90. The molecule has 7 heteroatoms. The van der Waals surface area contributed by atoms with Crippen LogP contribution in [0.4, 0.5) is 11.4 Å². The van der Waals surface area contributed by atoms with Crippen molar-refractivity contribution in [1.82, 2.24) is 14.7 Å². The molecule has 0 bridgehead atoms. The van der Waals surface area contributed by atoms with Crippen LogP contribution in [0.2, 0.25) is 0 Å². The Morgan fingerprint density at radius 1 is 1.06 bits per heavy atom. The van der Waals surface area contributed by atoms with Gasteiger partial charge in [-0.25, -0.2) is 0 Å². The molecule has 1 aromatic heterocycles. The van der Waals surface area contributed by atoms with Gasteiger partial charge in [0.1, 0.15) is 0 Å². The van der Waals surface area contributed by atoms with E-state index in [1.807, 2.05) is 50.6 Å². The molecular formula is C24H35N5O2. The summed E-state index contributed by atoms with van der Waals surface area (Å²) in [6.07, 6.45) is 3.58. The van der Waals surface area contributed by atoms with Gasteiger partial charge in [0.05, 0.1) is 24.7 Å². The molecule has 1 aromatic carbocycles. The van der Waals surface area contributed by atoms with Crippen molar-refractivity contribution < 1.29 is 9.59 Å². The van der Waals surface area contributed by atoms with E-state index >= 15 is 0 Å². The van der Waals surface area contributed by atoms with Crippen LogP contribution in [0.15, 0.2) is 18.2 Å². The van der Waals surface area contributed by atoms with Crippen LogP contribution < -0.4 is 10.6 Å². The Morgan fingerprint density at radius 2 is 1.77 bits per heavy atom. The fraction of sp³-hybridized carbons (Fsp3) is 0.542. The van der Waals surface area contributed by atoms with Gasteiger partial charge in [-0.05, 0) is 83.0 Å². The first kappa shape index (κ1) is 23.0. The number of anilines is 2. The summed E-state index contributed by atoms with van der Waals surface area (Å²) in [6.45, 7) is 12.9. The van der Waals surface area contributed by atoms with E-state index in [1.54, 1.807) is 0 Å². The maximum Gasteiger partial charge on any atom is 0.238 e. The summed E-state index contributed by atoms with van der Waals surface area (Å²) in [4.78, 5) is 27.3. The van der Waals surface area contributed by atoms with Crippen LogP contribution in [0.3, 0.4) is 0 Å². The van der Waals surface area contributed by atoms with Crippen molar-refractivity contribution in [3.63, 3.8) is 0 Å². The van der Waals surface area contributed by atoms with E-state index in [0.717, 1.165) is 54.3 Å². The Morgan fingerprint density at radius 3 is 2.39 bits per heavy atom. The summed E-state index contributed by atoms with van der Waals surface area (Å²) in [5.74, 6) is -0.260. The third-order valence-electron chi connectivity index (χ3n) is 6.22. The Labute approximate surface area is 185 Å². The molecule has 2 N–H and O–H groups in total. The highest BCUT2D eigenvalue weighted by molar-refractivity contribution is 5.95. The van der Waals surface area contributed by atoms with Crippen LogP contribution >= 0.6 is 0 Å². The molecule has 0 radical (unpaired) electrons. The average Bonchev–Trinajstić information content (AvgIpc) is 2.97. The minimum atomic E-state index is -0.221. The van der Waals surface area contributed by atoms with Crippen LogP contribution in [0.25, 0.3) is 0 Å². The van der Waals surface area contributed by atoms with Crippen LogP contribution in [-0.2, 0) is 16.1 Å². The van der Waals surface area contributed by atoms with Crippen molar-refractivity contribution in [3.05, 3.63) is 40.7 Å². The molecule has 3 rings (SSSR count). The SMILES string of the molecule is Cc1cc(NC(=O)[C@H](C)Cn2nc(C)c(C)c2C)ccc1NC(=O)CN1CCCCC1. The highest BCUT2D eigenvalue weighted by atomic mass is 16.2. The summed E-state index contributed by atoms with van der Waals surface area (Å²) >= 11 is 0. The second-order valence-corrected chi connectivity index (χ2v) is 8.78. The first-order valence-corrected chi connectivity index (χ1v) is 11.2. The van der Waals surface area contributed by atoms with Crippen LogP contribution in [0.5, 0.6) is 0 Å². The normalized spacial score (nSPS) is 15.5. The Hall–Kier alpha value is -2.67. The van der Waals surface area contributed by atoms with E-state index in [9.17, 15) is 9.59 Å². The number of hydrogen-bond donors (Lipinski definition) is 2. The second-order valence-electron chi connectivity index (χ2n) is 8.78. The van der Waals surface area contributed by atoms with E-state index in [0.29, 0.717) is 13.1 Å². The van der Waals surface area contributed by atoms with Crippen molar-refractivity contribution in [2.45, 2.75) is 60.4 Å². The summed E-state index contributed by atoms with van der Waals surface area (Å²) in [5, 5.41) is 10.5. The molecule has 7 nitrogen and oxygen atoms in total. The van der Waals surface area contributed by atoms with Gasteiger partial charge in [0.2, 0.25) is 11.8 Å². The molecule has 168 valence electrons. The largest absolute Gasteiger partial charge is 0.326 e. The van der Waals surface area contributed by atoms with E-state index in [2.05, 4.69) is 27.6 Å². The molecule has 0 spiro atoms. The van der Waals surface area contributed by atoms with Crippen molar-refractivity contribution in [3.8, 4) is 0 Å². The smallest absolute Gasteiger partial charge is 0.238 e. The number of benzene rings is 1. The van der Waals surface area contributed by atoms with E-state index in [1.165, 1.54) is 12.0 Å². The zero-order valence-electron chi connectivity index (χ0n) is 19.4. The molecule has 1 atom stereocenters. The molecule has 0 saturated carbocycles. The molecular weight excluding hydrogens is 390 g/mol. The fourth-order valence-corrected chi connectivity index (χ4v) is 3.96. The number of likely N-dealkylation sites (tertiary alicyclic amines) is 1. The van der Waals surface area contributed by atoms with E-state index < -0.39 is 0 Å². The minimum Gasteiger partial charge on any atom is -0.326 e. The lowest BCUT2D eigenvalue weighted by molar-refractivity contribution is -0.120. The number of carbonyl (C=O) groups excluding carboxylic acids is 2. The molecule has 1 saturated heterocycles. The van der Waals surface area contributed by atoms with Gasteiger partial charge >= 0.3 is 0 Å². The van der Waals surface area contributed by atoms with Crippen molar-refractivity contribution in [1.29, 1.82) is 0 Å². The molecule has 2 heterocycles. The molecule has 2 amide bonds. The quantitative estimate of drug-likeness (QED) is 0.707. The maximum atomic E-state index is 12.7. The molecule has 0 aliphatic carbocycles. The zero-order valence-corrected chi connectivity index (χ0v) is 19.4. The molecule has 1 fully saturated rings. The number of piperidine rings is 1. The van der Waals surface area contributed by atoms with Crippen LogP contribution in [0.1, 0.15) is 48.7 Å². The van der Waals surface area contributed by atoms with Crippen molar-refractivity contribution in [2.75, 3.05) is 30.3 Å². The van der Waals surface area contributed by atoms with Crippen LogP contribution in [0, 0.1) is 33.6 Å². The van der Waals surface area contributed by atoms with E-state index in [4.69, 9.17) is 0 Å². The highest BCUT2D eigenvalue weighted by Gasteiger charge is 2.18. The molecule has 31 heavy (non-hydrogen) atoms. The van der Waals surface area contributed by atoms with Crippen molar-refractivity contribution >= 4 is 23.2 Å². The van der Waals surface area contributed by atoms with E-state index in [-0.39, 0.29) is 17.7 Å². The summed E-state index contributed by atoms with van der Waals surface area (Å²) in [5.41, 5.74) is 5.70. The lowest BCUT2D eigenvalue weighted by Crippen LogP contribution is -2.36. The number of hydrogen-bond acceptors (Lipinski definition) is 4. The van der Waals surface area contributed by atoms with Gasteiger partial charge in [-0.15, -0.1) is 0 Å². The lowest BCUT2D eigenvalue weighted by atomic mass is 10.1. The molecule has 2 aromatic rings. The van der Waals surface area contributed by atoms with Gasteiger partial charge in [-0.3, -0.25) is 19.2 Å².